The van der Waals surface area contributed by atoms with Gasteiger partial charge < -0.3 is 36.0 Å². The van der Waals surface area contributed by atoms with Gasteiger partial charge in [0.15, 0.2) is 0 Å². The van der Waals surface area contributed by atoms with Crippen molar-refractivity contribution in [1.82, 2.24) is 19.6 Å². The highest BCUT2D eigenvalue weighted by Gasteiger charge is 2.29. The molecule has 10 nitrogen and oxygen atoms in total. The summed E-state index contributed by atoms with van der Waals surface area (Å²) in [5.74, 6) is -0.441. The zero-order chi connectivity index (χ0) is 34.9. The Kier molecular flexibility index (Phi) is 12.4. The maximum absolute atomic E-state index is 12.6. The predicted molar refractivity (Wildman–Crippen MR) is 203 cm³/mol. The average molecular weight is 745 g/mol. The number of halogens is 1. The fourth-order valence-corrected chi connectivity index (χ4v) is 7.88. The van der Waals surface area contributed by atoms with Gasteiger partial charge >= 0.3 is 12.1 Å². The van der Waals surface area contributed by atoms with Crippen molar-refractivity contribution in [2.75, 3.05) is 63.0 Å². The molecule has 50 heavy (non-hydrogen) atoms. The van der Waals surface area contributed by atoms with E-state index in [1.165, 1.54) is 51.9 Å². The summed E-state index contributed by atoms with van der Waals surface area (Å²) in [6, 6.07) is 23.9. The summed E-state index contributed by atoms with van der Waals surface area (Å²) in [4.78, 5) is 45.3. The molecule has 4 aliphatic heterocycles. The molecule has 7 rings (SSSR count). The van der Waals surface area contributed by atoms with Gasteiger partial charge in [-0.3, -0.25) is 4.79 Å². The standard InChI is InChI=1S/C23H28N4O2.C16H22BrN3O/c24-22(28)19-5-3-4-18(16-19)17-6-8-20(9-7-17)25-23(29)27-14-10-21(11-15-27)26-12-1-2-13-26;17-13-3-5-14(6-4-13)18-16(21)20-11-7-15(8-12-20)19-9-1-2-10-19/h3-9,16,21H,1-2,10-15H2,(H2,24,28)(H,25,29);3-6,15H,1-2,7-12H2,(H,18,21). The van der Waals surface area contributed by atoms with E-state index in [0.717, 1.165) is 78.8 Å². The van der Waals surface area contributed by atoms with E-state index in [1.54, 1.807) is 12.1 Å². The molecular weight excluding hydrogens is 694 g/mol. The molecule has 0 unspecified atom stereocenters. The number of urea groups is 2. The Morgan fingerprint density at radius 3 is 1.46 bits per heavy atom. The van der Waals surface area contributed by atoms with E-state index in [1.807, 2.05) is 70.5 Å². The number of nitrogens with one attached hydrogen (secondary N) is 2. The van der Waals surface area contributed by atoms with Crippen molar-refractivity contribution >= 4 is 45.3 Å². The number of nitrogens with two attached hydrogens (primary N) is 1. The van der Waals surface area contributed by atoms with Crippen LogP contribution in [0.1, 0.15) is 61.7 Å². The Bertz CT molecular complexity index is 1570. The van der Waals surface area contributed by atoms with Gasteiger partial charge in [-0.15, -0.1) is 0 Å². The van der Waals surface area contributed by atoms with E-state index < -0.39 is 5.91 Å². The minimum absolute atomic E-state index is 0.0252. The summed E-state index contributed by atoms with van der Waals surface area (Å²) in [5, 5.41) is 5.98. The largest absolute Gasteiger partial charge is 0.366 e. The summed E-state index contributed by atoms with van der Waals surface area (Å²) in [5.41, 5.74) is 9.36. The third kappa shape index (κ3) is 9.64. The summed E-state index contributed by atoms with van der Waals surface area (Å²) < 4.78 is 1.02. The minimum Gasteiger partial charge on any atom is -0.366 e. The van der Waals surface area contributed by atoms with Gasteiger partial charge in [0, 0.05) is 59.7 Å². The Morgan fingerprint density at radius 1 is 0.580 bits per heavy atom. The second-order valence-corrected chi connectivity index (χ2v) is 14.7. The van der Waals surface area contributed by atoms with Gasteiger partial charge in [0.2, 0.25) is 5.91 Å². The fraction of sp³-hybridized carbons (Fsp3) is 0.462. The van der Waals surface area contributed by atoms with Crippen molar-refractivity contribution in [3.63, 3.8) is 0 Å². The number of likely N-dealkylation sites (tertiary alicyclic amines) is 4. The Balaban J connectivity index is 0.000000182. The lowest BCUT2D eigenvalue weighted by atomic mass is 10.0. The molecular formula is C39H50BrN7O3. The first-order valence-electron chi connectivity index (χ1n) is 18.2. The van der Waals surface area contributed by atoms with Crippen LogP contribution in [-0.2, 0) is 0 Å². The molecule has 0 atom stereocenters. The third-order valence-corrected chi connectivity index (χ3v) is 11.1. The van der Waals surface area contributed by atoms with Crippen molar-refractivity contribution < 1.29 is 14.4 Å². The summed E-state index contributed by atoms with van der Waals surface area (Å²) in [6.45, 7) is 8.27. The molecule has 5 amide bonds. The maximum atomic E-state index is 12.6. The summed E-state index contributed by atoms with van der Waals surface area (Å²) >= 11 is 3.40. The van der Waals surface area contributed by atoms with Crippen molar-refractivity contribution in [2.45, 2.75) is 63.5 Å². The minimum atomic E-state index is -0.441. The van der Waals surface area contributed by atoms with Crippen LogP contribution in [0.4, 0.5) is 21.0 Å². The van der Waals surface area contributed by atoms with Gasteiger partial charge in [-0.05, 0) is 137 Å². The topological polar surface area (TPSA) is 114 Å². The number of piperidine rings is 2. The maximum Gasteiger partial charge on any atom is 0.321 e. The normalized spacial score (nSPS) is 19.1. The van der Waals surface area contributed by atoms with Gasteiger partial charge in [0.1, 0.15) is 0 Å². The molecule has 266 valence electrons. The van der Waals surface area contributed by atoms with Gasteiger partial charge in [-0.1, -0.05) is 40.2 Å². The van der Waals surface area contributed by atoms with E-state index in [-0.39, 0.29) is 12.1 Å². The van der Waals surface area contributed by atoms with Gasteiger partial charge in [0.25, 0.3) is 0 Å². The molecule has 4 fully saturated rings. The number of primary amides is 1. The van der Waals surface area contributed by atoms with Crippen LogP contribution in [0.25, 0.3) is 11.1 Å². The van der Waals surface area contributed by atoms with E-state index in [0.29, 0.717) is 17.6 Å². The Labute approximate surface area is 304 Å². The van der Waals surface area contributed by atoms with E-state index >= 15 is 0 Å². The number of carbonyl (C=O) groups excluding carboxylic acids is 3. The summed E-state index contributed by atoms with van der Waals surface area (Å²) in [7, 11) is 0. The van der Waals surface area contributed by atoms with Crippen LogP contribution in [-0.4, -0.2) is 102 Å². The SMILES string of the molecule is NC(=O)c1cccc(-c2ccc(NC(=O)N3CCC(N4CCCC4)CC3)cc2)c1.O=C(Nc1ccc(Br)cc1)N1CCC(N2CCCC2)CC1. The van der Waals surface area contributed by atoms with Crippen molar-refractivity contribution in [3.05, 3.63) is 82.8 Å². The number of hydrogen-bond acceptors (Lipinski definition) is 5. The van der Waals surface area contributed by atoms with Crippen LogP contribution in [0, 0.1) is 0 Å². The van der Waals surface area contributed by atoms with Crippen LogP contribution in [0.15, 0.2) is 77.3 Å². The first-order valence-corrected chi connectivity index (χ1v) is 19.0. The number of hydrogen-bond donors (Lipinski definition) is 3. The van der Waals surface area contributed by atoms with E-state index in [4.69, 9.17) is 5.73 Å². The molecule has 3 aromatic carbocycles. The van der Waals surface area contributed by atoms with E-state index in [2.05, 4.69) is 36.4 Å². The highest BCUT2D eigenvalue weighted by molar-refractivity contribution is 9.10. The second kappa shape index (κ2) is 17.3. The van der Waals surface area contributed by atoms with Gasteiger partial charge in [0.05, 0.1) is 0 Å². The molecule has 4 saturated heterocycles. The second-order valence-electron chi connectivity index (χ2n) is 13.8. The lowest BCUT2D eigenvalue weighted by molar-refractivity contribution is 0.1000. The van der Waals surface area contributed by atoms with E-state index in [9.17, 15) is 14.4 Å². The quantitative estimate of drug-likeness (QED) is 0.250. The molecule has 3 aromatic rings. The monoisotopic (exact) mass is 743 g/mol. The number of amides is 5. The van der Waals surface area contributed by atoms with Gasteiger partial charge in [-0.2, -0.15) is 0 Å². The van der Waals surface area contributed by atoms with Crippen molar-refractivity contribution in [2.24, 2.45) is 5.73 Å². The highest BCUT2D eigenvalue weighted by atomic mass is 79.9. The molecule has 0 bridgehead atoms. The molecule has 0 radical (unpaired) electrons. The molecule has 0 spiro atoms. The Morgan fingerprint density at radius 2 is 1.02 bits per heavy atom. The lowest BCUT2D eigenvalue weighted by Crippen LogP contribution is -2.47. The van der Waals surface area contributed by atoms with Crippen LogP contribution in [0.2, 0.25) is 0 Å². The molecule has 4 heterocycles. The number of benzene rings is 3. The zero-order valence-corrected chi connectivity index (χ0v) is 30.5. The number of nitrogens with zero attached hydrogens (tertiary/aromatic N) is 4. The van der Waals surface area contributed by atoms with Crippen LogP contribution in [0.3, 0.4) is 0 Å². The highest BCUT2D eigenvalue weighted by Crippen LogP contribution is 2.25. The molecule has 4 aliphatic rings. The lowest BCUT2D eigenvalue weighted by Gasteiger charge is -2.36. The van der Waals surface area contributed by atoms with Crippen molar-refractivity contribution in [1.29, 1.82) is 0 Å². The third-order valence-electron chi connectivity index (χ3n) is 10.5. The first-order chi connectivity index (χ1) is 24.3. The molecule has 4 N–H and O–H groups in total. The van der Waals surface area contributed by atoms with Gasteiger partial charge in [-0.25, -0.2) is 9.59 Å². The van der Waals surface area contributed by atoms with Crippen LogP contribution in [0.5, 0.6) is 0 Å². The smallest absolute Gasteiger partial charge is 0.321 e. The zero-order valence-electron chi connectivity index (χ0n) is 28.9. The predicted octanol–water partition coefficient (Wildman–Crippen LogP) is 7.09. The number of carbonyl (C=O) groups is 3. The first kappa shape index (κ1) is 35.9. The average Bonchev–Trinajstić information content (AvgIpc) is 3.90. The number of rotatable bonds is 6. The fourth-order valence-electron chi connectivity index (χ4n) is 7.62. The van der Waals surface area contributed by atoms with Crippen molar-refractivity contribution in [3.8, 4) is 11.1 Å². The summed E-state index contributed by atoms with van der Waals surface area (Å²) in [6.07, 6.45) is 9.62. The van der Waals surface area contributed by atoms with Crippen LogP contribution >= 0.6 is 15.9 Å². The number of anilines is 2. The molecule has 0 aliphatic carbocycles. The Hall–Kier alpha value is -3.93. The molecule has 11 heteroatoms. The van der Waals surface area contributed by atoms with Crippen LogP contribution < -0.4 is 16.4 Å². The molecule has 0 aromatic heterocycles. The molecule has 0 saturated carbocycles.